The summed E-state index contributed by atoms with van der Waals surface area (Å²) >= 11 is 6.35. The van der Waals surface area contributed by atoms with Gasteiger partial charge in [0.1, 0.15) is 5.75 Å². The number of amides is 1. The van der Waals surface area contributed by atoms with Crippen molar-refractivity contribution in [3.63, 3.8) is 0 Å². The minimum atomic E-state index is -0.100. The van der Waals surface area contributed by atoms with E-state index in [1.807, 2.05) is 49.3 Å². The van der Waals surface area contributed by atoms with Gasteiger partial charge < -0.3 is 14.5 Å². The molecule has 1 heterocycles. The Bertz CT molecular complexity index is 848. The van der Waals surface area contributed by atoms with Gasteiger partial charge in [-0.05, 0) is 73.8 Å². The summed E-state index contributed by atoms with van der Waals surface area (Å²) in [4.78, 5) is 17.9. The second kappa shape index (κ2) is 9.19. The molecule has 1 amide bonds. The maximum Gasteiger partial charge on any atom is 0.231 e. The minimum absolute atomic E-state index is 0.0926. The van der Waals surface area contributed by atoms with Crippen LogP contribution < -0.4 is 9.64 Å². The number of hydrogen-bond acceptors (Lipinski definition) is 3. The van der Waals surface area contributed by atoms with E-state index in [9.17, 15) is 4.79 Å². The van der Waals surface area contributed by atoms with Crippen LogP contribution in [0.4, 0.5) is 5.69 Å². The Morgan fingerprint density at radius 2 is 1.86 bits per heavy atom. The number of benzene rings is 2. The molecule has 0 unspecified atom stereocenters. The molecule has 0 saturated carbocycles. The fourth-order valence-corrected chi connectivity index (χ4v) is 4.47. The van der Waals surface area contributed by atoms with E-state index >= 15 is 0 Å². The molecule has 4 nitrogen and oxygen atoms in total. The van der Waals surface area contributed by atoms with E-state index in [0.717, 1.165) is 30.0 Å². The number of carbonyl (C=O) groups excluding carboxylic acids is 1. The molecule has 1 aliphatic rings. The number of nitrogens with zero attached hydrogens (tertiary/aromatic N) is 2. The van der Waals surface area contributed by atoms with Crippen LogP contribution >= 0.6 is 11.6 Å². The molecule has 0 aliphatic carbocycles. The van der Waals surface area contributed by atoms with E-state index < -0.39 is 0 Å². The van der Waals surface area contributed by atoms with Gasteiger partial charge in [0.05, 0.1) is 7.11 Å². The number of halogens is 1. The molecule has 2 aromatic carbocycles. The predicted molar refractivity (Wildman–Crippen MR) is 120 cm³/mol. The first-order valence-electron chi connectivity index (χ1n) is 10.2. The van der Waals surface area contributed by atoms with Crippen molar-refractivity contribution in [3.8, 4) is 5.75 Å². The standard InChI is InChI=1S/C24H31ClN2O2/c1-16(2)23-21(17-6-9-20(29-5)10-7-17)15-18-14-19(25)8-11-22(18)27(24(23)28)13-12-26(3)4/h6-11,14,16,21,23H,12-13,15H2,1-5H3/t21-,23+/m0/s1. The molecular formula is C24H31ClN2O2. The van der Waals surface area contributed by atoms with Gasteiger partial charge in [0.25, 0.3) is 0 Å². The van der Waals surface area contributed by atoms with E-state index in [1.54, 1.807) is 7.11 Å². The number of methoxy groups -OCH3 is 1. The Labute approximate surface area is 179 Å². The lowest BCUT2D eigenvalue weighted by Crippen LogP contribution is -2.42. The van der Waals surface area contributed by atoms with Crippen LogP contribution in [0.25, 0.3) is 0 Å². The third-order valence-corrected chi connectivity index (χ3v) is 6.02. The molecule has 2 atom stereocenters. The fourth-order valence-electron chi connectivity index (χ4n) is 4.27. The zero-order valence-corrected chi connectivity index (χ0v) is 18.7. The Kier molecular flexibility index (Phi) is 6.86. The Morgan fingerprint density at radius 1 is 1.17 bits per heavy atom. The molecule has 0 aromatic heterocycles. The van der Waals surface area contributed by atoms with Crippen molar-refractivity contribution in [2.24, 2.45) is 11.8 Å². The van der Waals surface area contributed by atoms with Gasteiger partial charge in [-0.3, -0.25) is 4.79 Å². The van der Waals surface area contributed by atoms with Crippen LogP contribution in [-0.4, -0.2) is 45.1 Å². The second-order valence-electron chi connectivity index (χ2n) is 8.42. The zero-order chi connectivity index (χ0) is 21.1. The number of fused-ring (bicyclic) bond motifs is 1. The van der Waals surface area contributed by atoms with Crippen LogP contribution in [0.1, 0.15) is 30.9 Å². The van der Waals surface area contributed by atoms with E-state index in [4.69, 9.17) is 16.3 Å². The van der Waals surface area contributed by atoms with Crippen molar-refractivity contribution < 1.29 is 9.53 Å². The van der Waals surface area contributed by atoms with E-state index in [-0.39, 0.29) is 23.7 Å². The molecule has 0 fully saturated rings. The molecule has 2 aromatic rings. The third-order valence-electron chi connectivity index (χ3n) is 5.79. The van der Waals surface area contributed by atoms with Crippen molar-refractivity contribution in [2.45, 2.75) is 26.2 Å². The lowest BCUT2D eigenvalue weighted by molar-refractivity contribution is -0.124. The molecule has 1 aliphatic heterocycles. The minimum Gasteiger partial charge on any atom is -0.497 e. The molecule has 5 heteroatoms. The zero-order valence-electron chi connectivity index (χ0n) is 18.0. The third kappa shape index (κ3) is 4.76. The average Bonchev–Trinajstić information content (AvgIpc) is 2.80. The van der Waals surface area contributed by atoms with E-state index in [2.05, 4.69) is 30.9 Å². The number of hydrogen-bond donors (Lipinski definition) is 0. The van der Waals surface area contributed by atoms with Gasteiger partial charge in [-0.2, -0.15) is 0 Å². The van der Waals surface area contributed by atoms with Crippen LogP contribution in [0, 0.1) is 11.8 Å². The van der Waals surface area contributed by atoms with Crippen molar-refractivity contribution in [1.29, 1.82) is 0 Å². The summed E-state index contributed by atoms with van der Waals surface area (Å²) in [5.41, 5.74) is 3.29. The Morgan fingerprint density at radius 3 is 2.45 bits per heavy atom. The Balaban J connectivity index is 2.09. The number of likely N-dealkylation sites (N-methyl/N-ethyl adjacent to an activating group) is 1. The van der Waals surface area contributed by atoms with Gasteiger partial charge in [0, 0.05) is 29.7 Å². The van der Waals surface area contributed by atoms with Gasteiger partial charge in [0.15, 0.2) is 0 Å². The molecular weight excluding hydrogens is 384 g/mol. The van der Waals surface area contributed by atoms with E-state index in [0.29, 0.717) is 11.6 Å². The summed E-state index contributed by atoms with van der Waals surface area (Å²) in [6.45, 7) is 5.77. The summed E-state index contributed by atoms with van der Waals surface area (Å²) in [7, 11) is 5.73. The van der Waals surface area contributed by atoms with Crippen molar-refractivity contribution >= 4 is 23.2 Å². The summed E-state index contributed by atoms with van der Waals surface area (Å²) in [5.74, 6) is 1.24. The summed E-state index contributed by atoms with van der Waals surface area (Å²) in [6.07, 6.45) is 0.787. The molecule has 0 bridgehead atoms. The molecule has 156 valence electrons. The first-order chi connectivity index (χ1) is 13.8. The highest BCUT2D eigenvalue weighted by Crippen LogP contribution is 2.42. The lowest BCUT2D eigenvalue weighted by atomic mass is 9.76. The molecule has 3 rings (SSSR count). The van der Waals surface area contributed by atoms with Gasteiger partial charge in [0.2, 0.25) is 5.91 Å². The SMILES string of the molecule is COc1ccc([C@@H]2Cc3cc(Cl)ccc3N(CCN(C)C)C(=O)[C@@H]2C(C)C)cc1. The van der Waals surface area contributed by atoms with Gasteiger partial charge in [-0.15, -0.1) is 0 Å². The summed E-state index contributed by atoms with van der Waals surface area (Å²) in [5, 5.41) is 0.709. The molecule has 0 spiro atoms. The topological polar surface area (TPSA) is 32.8 Å². The van der Waals surface area contributed by atoms with Crippen LogP contribution in [-0.2, 0) is 11.2 Å². The monoisotopic (exact) mass is 414 g/mol. The van der Waals surface area contributed by atoms with Gasteiger partial charge >= 0.3 is 0 Å². The highest BCUT2D eigenvalue weighted by atomic mass is 35.5. The highest BCUT2D eigenvalue weighted by Gasteiger charge is 2.39. The number of rotatable bonds is 6. The van der Waals surface area contributed by atoms with Gasteiger partial charge in [-0.25, -0.2) is 0 Å². The first-order valence-corrected chi connectivity index (χ1v) is 10.6. The maximum atomic E-state index is 13.8. The predicted octanol–water partition coefficient (Wildman–Crippen LogP) is 4.86. The Hall–Kier alpha value is -2.04. The molecule has 0 saturated heterocycles. The average molecular weight is 415 g/mol. The fraction of sp³-hybridized carbons (Fsp3) is 0.458. The molecule has 0 radical (unpaired) electrons. The van der Waals surface area contributed by atoms with Gasteiger partial charge in [-0.1, -0.05) is 37.6 Å². The normalized spacial score (nSPS) is 19.4. The van der Waals surface area contributed by atoms with E-state index in [1.165, 1.54) is 5.56 Å². The quantitative estimate of drug-likeness (QED) is 0.677. The largest absolute Gasteiger partial charge is 0.497 e. The maximum absolute atomic E-state index is 13.8. The van der Waals surface area contributed by atoms with Crippen LogP contribution in [0.15, 0.2) is 42.5 Å². The first kappa shape index (κ1) is 21.7. The smallest absolute Gasteiger partial charge is 0.231 e. The number of carbonyl (C=O) groups is 1. The van der Waals surface area contributed by atoms with Crippen LogP contribution in [0.2, 0.25) is 5.02 Å². The number of ether oxygens (including phenoxy) is 1. The second-order valence-corrected chi connectivity index (χ2v) is 8.86. The lowest BCUT2D eigenvalue weighted by Gasteiger charge is -2.31. The van der Waals surface area contributed by atoms with Crippen molar-refractivity contribution in [1.82, 2.24) is 4.90 Å². The van der Waals surface area contributed by atoms with Crippen molar-refractivity contribution in [3.05, 3.63) is 58.6 Å². The van der Waals surface area contributed by atoms with Crippen LogP contribution in [0.3, 0.4) is 0 Å². The number of anilines is 1. The highest BCUT2D eigenvalue weighted by molar-refractivity contribution is 6.30. The summed E-state index contributed by atoms with van der Waals surface area (Å²) < 4.78 is 5.32. The molecule has 29 heavy (non-hydrogen) atoms. The van der Waals surface area contributed by atoms with Crippen molar-refractivity contribution in [2.75, 3.05) is 39.2 Å². The molecule has 0 N–H and O–H groups in total. The summed E-state index contributed by atoms with van der Waals surface area (Å²) in [6, 6.07) is 14.0. The van der Waals surface area contributed by atoms with Crippen LogP contribution in [0.5, 0.6) is 5.75 Å².